The van der Waals surface area contributed by atoms with Gasteiger partial charge in [-0.3, -0.25) is 0 Å². The molecule has 0 saturated heterocycles. The summed E-state index contributed by atoms with van der Waals surface area (Å²) < 4.78 is 75.7. The van der Waals surface area contributed by atoms with E-state index >= 15 is 0 Å². The van der Waals surface area contributed by atoms with Gasteiger partial charge in [0.25, 0.3) is 0 Å². The van der Waals surface area contributed by atoms with Gasteiger partial charge in [0.05, 0.1) is 24.3 Å². The summed E-state index contributed by atoms with van der Waals surface area (Å²) in [5.74, 6) is 0. The average molecular weight is 489 g/mol. The van der Waals surface area contributed by atoms with Gasteiger partial charge in [0.1, 0.15) is 0 Å². The molecule has 0 atom stereocenters. The Morgan fingerprint density at radius 2 is 0.912 bits per heavy atom. The molecule has 0 unspecified atom stereocenters. The van der Waals surface area contributed by atoms with Crippen LogP contribution >= 0.6 is 0 Å². The van der Waals surface area contributed by atoms with Gasteiger partial charge in [0, 0.05) is 10.8 Å². The predicted octanol–water partition coefficient (Wildman–Crippen LogP) is 7.02. The van der Waals surface area contributed by atoms with Crippen molar-refractivity contribution in [3.8, 4) is 0 Å². The van der Waals surface area contributed by atoms with Crippen LogP contribution in [-0.4, -0.2) is 23.4 Å². The van der Waals surface area contributed by atoms with E-state index in [2.05, 4.69) is 0 Å². The molecule has 0 heterocycles. The number of hydrogen-bond acceptors (Lipinski definition) is 2. The molecule has 188 valence electrons. The number of rotatable bonds is 4. The summed E-state index contributed by atoms with van der Waals surface area (Å²) in [5.41, 5.74) is -0.938. The van der Waals surface area contributed by atoms with Crippen LogP contribution in [-0.2, 0) is 23.2 Å². The fourth-order valence-corrected chi connectivity index (χ4v) is 5.23. The third kappa shape index (κ3) is 5.77. The summed E-state index contributed by atoms with van der Waals surface area (Å²) in [6, 6.07) is 10.7. The largest absolute Gasteiger partial charge is 0.416 e. The summed E-state index contributed by atoms with van der Waals surface area (Å²) >= 11 is 0. The van der Waals surface area contributed by atoms with Crippen molar-refractivity contribution in [1.29, 1.82) is 0 Å². The molecule has 2 N–H and O–H groups in total. The summed E-state index contributed by atoms with van der Waals surface area (Å²) in [4.78, 5) is 0. The minimum Gasteiger partial charge on any atom is -0.395 e. The van der Waals surface area contributed by atoms with E-state index in [9.17, 15) is 36.6 Å². The second-order valence-corrected chi connectivity index (χ2v) is 9.45. The molecule has 34 heavy (non-hydrogen) atoms. The molecule has 8 heteroatoms. The van der Waals surface area contributed by atoms with Gasteiger partial charge in [-0.25, -0.2) is 0 Å². The van der Waals surface area contributed by atoms with Crippen molar-refractivity contribution < 1.29 is 36.6 Å². The minimum atomic E-state index is -4.31. The minimum absolute atomic E-state index is 0.0751. The summed E-state index contributed by atoms with van der Waals surface area (Å²) in [6.07, 6.45) is -1.68. The van der Waals surface area contributed by atoms with Gasteiger partial charge in [0.15, 0.2) is 0 Å². The summed E-state index contributed by atoms with van der Waals surface area (Å²) in [5, 5.41) is 19.0. The Morgan fingerprint density at radius 3 is 1.18 bits per heavy atom. The van der Waals surface area contributed by atoms with Crippen LogP contribution in [0.15, 0.2) is 48.5 Å². The molecule has 0 spiro atoms. The van der Waals surface area contributed by atoms with E-state index in [-0.39, 0.29) is 13.2 Å². The fraction of sp³-hybridized carbons (Fsp3) is 0.538. The zero-order valence-electron chi connectivity index (χ0n) is 18.9. The lowest BCUT2D eigenvalue weighted by molar-refractivity contribution is -0.138. The number of aliphatic hydroxyl groups is 2. The van der Waals surface area contributed by atoms with E-state index < -0.39 is 34.3 Å². The molecule has 2 aliphatic carbocycles. The molecule has 2 nitrogen and oxygen atoms in total. The van der Waals surface area contributed by atoms with Gasteiger partial charge in [-0.05, 0) is 48.9 Å². The first-order valence-electron chi connectivity index (χ1n) is 11.5. The molecule has 0 aliphatic heterocycles. The first-order chi connectivity index (χ1) is 16.0. The van der Waals surface area contributed by atoms with Crippen molar-refractivity contribution in [2.24, 2.45) is 0 Å². The Hall–Kier alpha value is -2.06. The predicted molar refractivity (Wildman–Crippen MR) is 117 cm³/mol. The van der Waals surface area contributed by atoms with Crippen LogP contribution in [0.3, 0.4) is 0 Å². The van der Waals surface area contributed by atoms with Crippen LogP contribution in [0.5, 0.6) is 0 Å². The Morgan fingerprint density at radius 1 is 0.588 bits per heavy atom. The van der Waals surface area contributed by atoms with Crippen LogP contribution in [0.4, 0.5) is 26.3 Å². The first kappa shape index (κ1) is 26.5. The SMILES string of the molecule is OCC1(c2cccc(C(F)(F)F)c2)CCCC1.OCC1(c2cccc(C(F)(F)F)c2)CCCC1. The zero-order valence-corrected chi connectivity index (χ0v) is 18.9. The van der Waals surface area contributed by atoms with Gasteiger partial charge in [-0.15, -0.1) is 0 Å². The maximum atomic E-state index is 12.6. The zero-order chi connectivity index (χ0) is 25.0. The van der Waals surface area contributed by atoms with E-state index in [1.54, 1.807) is 12.1 Å². The normalized spacial score (nSPS) is 19.5. The molecule has 0 amide bonds. The quantitative estimate of drug-likeness (QED) is 0.454. The third-order valence-corrected chi connectivity index (χ3v) is 7.33. The Labute approximate surface area is 195 Å². The highest BCUT2D eigenvalue weighted by Gasteiger charge is 2.38. The smallest absolute Gasteiger partial charge is 0.395 e. The van der Waals surface area contributed by atoms with Crippen molar-refractivity contribution in [2.75, 3.05) is 13.2 Å². The number of halogens is 6. The van der Waals surface area contributed by atoms with E-state index in [1.165, 1.54) is 24.3 Å². The lowest BCUT2D eigenvalue weighted by atomic mass is 9.79. The Kier molecular flexibility index (Phi) is 8.03. The fourth-order valence-electron chi connectivity index (χ4n) is 5.23. The molecule has 2 aliphatic rings. The molecular weight excluding hydrogens is 458 g/mol. The summed E-state index contributed by atoms with van der Waals surface area (Å²) in [7, 11) is 0. The molecule has 2 fully saturated rings. The van der Waals surface area contributed by atoms with Crippen molar-refractivity contribution in [3.63, 3.8) is 0 Å². The second-order valence-electron chi connectivity index (χ2n) is 9.45. The first-order valence-corrected chi connectivity index (χ1v) is 11.5. The van der Waals surface area contributed by atoms with Gasteiger partial charge < -0.3 is 10.2 Å². The number of aliphatic hydroxyl groups excluding tert-OH is 2. The molecule has 2 aromatic rings. The van der Waals surface area contributed by atoms with Crippen molar-refractivity contribution in [3.05, 3.63) is 70.8 Å². The maximum absolute atomic E-state index is 12.6. The Balaban J connectivity index is 0.000000191. The van der Waals surface area contributed by atoms with Crippen molar-refractivity contribution >= 4 is 0 Å². The highest BCUT2D eigenvalue weighted by Crippen LogP contribution is 2.43. The highest BCUT2D eigenvalue weighted by atomic mass is 19.4. The van der Waals surface area contributed by atoms with Crippen LogP contribution < -0.4 is 0 Å². The number of alkyl halides is 6. The van der Waals surface area contributed by atoms with Crippen LogP contribution in [0.2, 0.25) is 0 Å². The standard InChI is InChI=1S/2C13H15F3O/c2*14-13(15,16)11-5-3-4-10(8-11)12(9-17)6-1-2-7-12/h2*3-5,8,17H,1-2,6-7,9H2. The van der Waals surface area contributed by atoms with Gasteiger partial charge in [-0.1, -0.05) is 62.1 Å². The monoisotopic (exact) mass is 488 g/mol. The number of benzene rings is 2. The van der Waals surface area contributed by atoms with Crippen LogP contribution in [0.1, 0.15) is 73.6 Å². The summed E-state index contributed by atoms with van der Waals surface area (Å²) in [6.45, 7) is -0.150. The molecule has 2 aromatic carbocycles. The molecular formula is C26H30F6O2. The molecule has 0 bridgehead atoms. The maximum Gasteiger partial charge on any atom is 0.416 e. The molecule has 4 rings (SSSR count). The van der Waals surface area contributed by atoms with Crippen molar-refractivity contribution in [1.82, 2.24) is 0 Å². The topological polar surface area (TPSA) is 40.5 Å². The molecule has 2 saturated carbocycles. The van der Waals surface area contributed by atoms with Crippen LogP contribution in [0.25, 0.3) is 0 Å². The van der Waals surface area contributed by atoms with E-state index in [0.29, 0.717) is 11.1 Å². The molecule has 0 radical (unpaired) electrons. The number of hydrogen-bond donors (Lipinski definition) is 2. The van der Waals surface area contributed by atoms with Gasteiger partial charge in [0.2, 0.25) is 0 Å². The average Bonchev–Trinajstić information content (AvgIpc) is 3.50. The van der Waals surface area contributed by atoms with Crippen LogP contribution in [0, 0.1) is 0 Å². The van der Waals surface area contributed by atoms with Gasteiger partial charge in [-0.2, -0.15) is 26.3 Å². The second kappa shape index (κ2) is 10.3. The van der Waals surface area contributed by atoms with Crippen molar-refractivity contribution in [2.45, 2.75) is 74.5 Å². The lowest BCUT2D eigenvalue weighted by Crippen LogP contribution is -2.27. The van der Waals surface area contributed by atoms with E-state index in [4.69, 9.17) is 0 Å². The Bertz CT molecular complexity index is 861. The highest BCUT2D eigenvalue weighted by molar-refractivity contribution is 5.33. The lowest BCUT2D eigenvalue weighted by Gasteiger charge is -2.27. The van der Waals surface area contributed by atoms with E-state index in [0.717, 1.165) is 63.5 Å². The van der Waals surface area contributed by atoms with Gasteiger partial charge >= 0.3 is 12.4 Å². The molecule has 0 aromatic heterocycles. The van der Waals surface area contributed by atoms with E-state index in [1.807, 2.05) is 0 Å². The third-order valence-electron chi connectivity index (χ3n) is 7.33.